The van der Waals surface area contributed by atoms with Crippen molar-refractivity contribution in [3.63, 3.8) is 0 Å². The second-order valence-corrected chi connectivity index (χ2v) is 6.51. The van der Waals surface area contributed by atoms with Crippen LogP contribution in [0.1, 0.15) is 56.1 Å². The lowest BCUT2D eigenvalue weighted by Crippen LogP contribution is -2.37. The zero-order valence-electron chi connectivity index (χ0n) is 12.2. The summed E-state index contributed by atoms with van der Waals surface area (Å²) in [5.41, 5.74) is 2.21. The Bertz CT molecular complexity index is 501. The molecule has 3 rings (SSSR count). The van der Waals surface area contributed by atoms with Gasteiger partial charge in [0.15, 0.2) is 6.10 Å². The molecule has 1 aliphatic carbocycles. The number of hydrogen-bond acceptors (Lipinski definition) is 1. The van der Waals surface area contributed by atoms with Gasteiger partial charge in [0.25, 0.3) is 0 Å². The lowest BCUT2D eigenvalue weighted by atomic mass is 9.79. The Labute approximate surface area is 123 Å². The van der Waals surface area contributed by atoms with Gasteiger partial charge >= 0.3 is 6.18 Å². The van der Waals surface area contributed by atoms with Crippen LogP contribution in [0.4, 0.5) is 13.2 Å². The average molecular weight is 298 g/mol. The number of halogens is 3. The van der Waals surface area contributed by atoms with E-state index >= 15 is 0 Å². The van der Waals surface area contributed by atoms with Crippen LogP contribution in [0.3, 0.4) is 0 Å². The molecule has 1 aliphatic heterocycles. The Morgan fingerprint density at radius 2 is 1.76 bits per heavy atom. The lowest BCUT2D eigenvalue weighted by Gasteiger charge is -2.30. The molecular formula is C17H21F3O. The number of hydrogen-bond donors (Lipinski definition) is 0. The van der Waals surface area contributed by atoms with Crippen LogP contribution in [0.2, 0.25) is 0 Å². The molecule has 1 aromatic carbocycles. The minimum atomic E-state index is -4.27. The van der Waals surface area contributed by atoms with Crippen LogP contribution in [-0.4, -0.2) is 12.3 Å². The number of fused-ring (bicyclic) bond motifs is 1. The number of rotatable bonds is 1. The maximum Gasteiger partial charge on any atom is 0.425 e. The summed E-state index contributed by atoms with van der Waals surface area (Å²) in [7, 11) is 0. The van der Waals surface area contributed by atoms with Gasteiger partial charge in [0.05, 0.1) is 0 Å². The summed E-state index contributed by atoms with van der Waals surface area (Å²) < 4.78 is 43.3. The van der Waals surface area contributed by atoms with E-state index in [4.69, 9.17) is 4.74 Å². The minimum Gasteiger partial charge on any atom is -0.481 e. The zero-order valence-corrected chi connectivity index (χ0v) is 12.2. The third-order valence-electron chi connectivity index (χ3n) is 4.88. The van der Waals surface area contributed by atoms with Gasteiger partial charge in [-0.25, -0.2) is 0 Å². The van der Waals surface area contributed by atoms with Gasteiger partial charge in [-0.05, 0) is 54.7 Å². The molecule has 1 aromatic rings. The van der Waals surface area contributed by atoms with Crippen molar-refractivity contribution in [2.75, 3.05) is 0 Å². The molecule has 2 aliphatic rings. The van der Waals surface area contributed by atoms with E-state index in [2.05, 4.69) is 13.0 Å². The summed E-state index contributed by atoms with van der Waals surface area (Å²) in [6.07, 6.45) is -0.569. The van der Waals surface area contributed by atoms with E-state index in [1.165, 1.54) is 31.2 Å². The van der Waals surface area contributed by atoms with E-state index in [1.54, 1.807) is 6.07 Å². The Balaban J connectivity index is 1.74. The standard InChI is InChI=1S/C17H21F3O/c1-11-2-4-12(5-3-11)13-6-8-15-14(10-13)7-9-16(21-15)17(18,19)20/h6,8,10-12,16H,2-5,7,9H2,1H3. The first-order valence-electron chi connectivity index (χ1n) is 7.79. The summed E-state index contributed by atoms with van der Waals surface area (Å²) in [5.74, 6) is 1.78. The molecule has 0 saturated heterocycles. The van der Waals surface area contributed by atoms with Crippen LogP contribution in [0.15, 0.2) is 18.2 Å². The molecular weight excluding hydrogens is 277 g/mol. The highest BCUT2D eigenvalue weighted by Crippen LogP contribution is 2.40. The zero-order chi connectivity index (χ0) is 15.0. The van der Waals surface area contributed by atoms with Crippen molar-refractivity contribution < 1.29 is 17.9 Å². The fraction of sp³-hybridized carbons (Fsp3) is 0.647. The van der Waals surface area contributed by atoms with Gasteiger partial charge in [-0.2, -0.15) is 13.2 Å². The summed E-state index contributed by atoms with van der Waals surface area (Å²) in [6, 6.07) is 5.77. The van der Waals surface area contributed by atoms with Crippen molar-refractivity contribution in [2.45, 2.75) is 63.6 Å². The van der Waals surface area contributed by atoms with Gasteiger partial charge in [0, 0.05) is 0 Å². The Hall–Kier alpha value is -1.19. The highest BCUT2D eigenvalue weighted by atomic mass is 19.4. The fourth-order valence-electron chi connectivity index (χ4n) is 3.49. The fourth-order valence-corrected chi connectivity index (χ4v) is 3.49. The van der Waals surface area contributed by atoms with E-state index in [0.717, 1.165) is 11.5 Å². The van der Waals surface area contributed by atoms with Gasteiger partial charge < -0.3 is 4.74 Å². The van der Waals surface area contributed by atoms with Crippen LogP contribution >= 0.6 is 0 Å². The van der Waals surface area contributed by atoms with Crippen LogP contribution in [0, 0.1) is 5.92 Å². The molecule has 0 spiro atoms. The van der Waals surface area contributed by atoms with Crippen LogP contribution < -0.4 is 4.74 Å². The van der Waals surface area contributed by atoms with Crippen LogP contribution in [0.25, 0.3) is 0 Å². The molecule has 1 nitrogen and oxygen atoms in total. The van der Waals surface area contributed by atoms with Crippen molar-refractivity contribution in [2.24, 2.45) is 5.92 Å². The smallest absolute Gasteiger partial charge is 0.425 e. The number of alkyl halides is 3. The number of benzene rings is 1. The molecule has 21 heavy (non-hydrogen) atoms. The molecule has 0 amide bonds. The number of ether oxygens (including phenoxy) is 1. The molecule has 0 N–H and O–H groups in total. The molecule has 0 aromatic heterocycles. The molecule has 0 bridgehead atoms. The van der Waals surface area contributed by atoms with Crippen molar-refractivity contribution in [3.05, 3.63) is 29.3 Å². The third kappa shape index (κ3) is 3.19. The average Bonchev–Trinajstić information content (AvgIpc) is 2.46. The first kappa shape index (κ1) is 14.7. The van der Waals surface area contributed by atoms with Gasteiger partial charge in [-0.15, -0.1) is 0 Å². The lowest BCUT2D eigenvalue weighted by molar-refractivity contribution is -0.199. The largest absolute Gasteiger partial charge is 0.481 e. The highest BCUT2D eigenvalue weighted by molar-refractivity contribution is 5.40. The molecule has 4 heteroatoms. The first-order chi connectivity index (χ1) is 9.93. The SMILES string of the molecule is CC1CCC(c2ccc3c(c2)CCC(C(F)(F)F)O3)CC1. The normalized spacial score (nSPS) is 29.6. The Kier molecular flexibility index (Phi) is 3.89. The second kappa shape index (κ2) is 5.54. The maximum absolute atomic E-state index is 12.7. The highest BCUT2D eigenvalue weighted by Gasteiger charge is 2.43. The van der Waals surface area contributed by atoms with Gasteiger partial charge in [-0.1, -0.05) is 31.9 Å². The minimum absolute atomic E-state index is 0.0294. The Morgan fingerprint density at radius 1 is 1.05 bits per heavy atom. The van der Waals surface area contributed by atoms with E-state index in [1.807, 2.05) is 6.07 Å². The quantitative estimate of drug-likeness (QED) is 0.689. The molecule has 1 unspecified atom stereocenters. The third-order valence-corrected chi connectivity index (χ3v) is 4.88. The van der Waals surface area contributed by atoms with Gasteiger partial charge in [0.1, 0.15) is 5.75 Å². The van der Waals surface area contributed by atoms with E-state index < -0.39 is 12.3 Å². The predicted octanol–water partition coefficient (Wildman–Crippen LogP) is 5.24. The van der Waals surface area contributed by atoms with E-state index in [9.17, 15) is 13.2 Å². The van der Waals surface area contributed by atoms with Crippen molar-refractivity contribution in [1.29, 1.82) is 0 Å². The van der Waals surface area contributed by atoms with E-state index in [-0.39, 0.29) is 6.42 Å². The van der Waals surface area contributed by atoms with Gasteiger partial charge in [-0.3, -0.25) is 0 Å². The molecule has 1 atom stereocenters. The summed E-state index contributed by atoms with van der Waals surface area (Å²) in [5, 5.41) is 0. The molecule has 116 valence electrons. The van der Waals surface area contributed by atoms with Crippen LogP contribution in [0.5, 0.6) is 5.75 Å². The van der Waals surface area contributed by atoms with E-state index in [0.29, 0.717) is 18.1 Å². The second-order valence-electron chi connectivity index (χ2n) is 6.51. The van der Waals surface area contributed by atoms with Crippen LogP contribution in [-0.2, 0) is 6.42 Å². The predicted molar refractivity (Wildman–Crippen MR) is 75.6 cm³/mol. The molecule has 0 radical (unpaired) electrons. The summed E-state index contributed by atoms with van der Waals surface area (Å²) in [6.45, 7) is 2.29. The summed E-state index contributed by atoms with van der Waals surface area (Å²) >= 11 is 0. The van der Waals surface area contributed by atoms with Crippen molar-refractivity contribution >= 4 is 0 Å². The van der Waals surface area contributed by atoms with Crippen molar-refractivity contribution in [1.82, 2.24) is 0 Å². The summed E-state index contributed by atoms with van der Waals surface area (Å²) in [4.78, 5) is 0. The molecule has 1 saturated carbocycles. The molecule has 1 heterocycles. The Morgan fingerprint density at radius 3 is 2.43 bits per heavy atom. The monoisotopic (exact) mass is 298 g/mol. The topological polar surface area (TPSA) is 9.23 Å². The molecule has 1 fully saturated rings. The maximum atomic E-state index is 12.7. The van der Waals surface area contributed by atoms with Crippen molar-refractivity contribution in [3.8, 4) is 5.75 Å². The number of aryl methyl sites for hydroxylation is 1. The first-order valence-corrected chi connectivity index (χ1v) is 7.79. The van der Waals surface area contributed by atoms with Gasteiger partial charge in [0.2, 0.25) is 0 Å².